The van der Waals surface area contributed by atoms with E-state index >= 15 is 0 Å². The summed E-state index contributed by atoms with van der Waals surface area (Å²) in [7, 11) is 0. The third-order valence-electron chi connectivity index (χ3n) is 15.7. The Morgan fingerprint density at radius 1 is 0.316 bits per heavy atom. The lowest BCUT2D eigenvalue weighted by molar-refractivity contribution is 0.672. The fourth-order valence-corrected chi connectivity index (χ4v) is 13.3. The van der Waals surface area contributed by atoms with E-state index in [-0.39, 0.29) is 0 Å². The average molecular weight is 986 g/mol. The van der Waals surface area contributed by atoms with E-state index in [2.05, 4.69) is 246 Å². The molecule has 76 heavy (non-hydrogen) atoms. The standard InChI is InChI=1S/C69H39N5OS/c1-2-19-47(20-3-1)73-58-24-12-10-22-49(58)53-34-45(28-31-59(53)73)67-70-68(46-27-29-51-50-23-11-13-25-64(50)76-65(51)37-46)72-69(71-67)57-39-63-56(52-30-26-40-14-8-9-21-48(40)66(52)75-63)38-62(57)74-60-35-43-17-6-4-15-41(43)32-54(60)55-33-42-16-5-7-18-44(42)36-61(55)74/h1-39H. The van der Waals surface area contributed by atoms with Crippen LogP contribution in [0.2, 0.25) is 0 Å². The van der Waals surface area contributed by atoms with E-state index in [4.69, 9.17) is 19.4 Å². The fraction of sp³-hybridized carbons (Fsp3) is 0. The molecule has 352 valence electrons. The van der Waals surface area contributed by atoms with Crippen molar-refractivity contribution in [1.29, 1.82) is 0 Å². The van der Waals surface area contributed by atoms with Gasteiger partial charge >= 0.3 is 0 Å². The first-order valence-electron chi connectivity index (χ1n) is 25.6. The van der Waals surface area contributed by atoms with Crippen molar-refractivity contribution < 1.29 is 4.42 Å². The van der Waals surface area contributed by atoms with Crippen molar-refractivity contribution in [2.75, 3.05) is 0 Å². The number of rotatable bonds is 5. The van der Waals surface area contributed by atoms with Gasteiger partial charge in [0, 0.05) is 80.3 Å². The number of hydrogen-bond acceptors (Lipinski definition) is 5. The van der Waals surface area contributed by atoms with Gasteiger partial charge in [-0.2, -0.15) is 0 Å². The SMILES string of the molecule is c1ccc(-n2c3ccccc3c3cc(-c4nc(-c5ccc6c(c5)sc5ccccc56)nc(-c5cc6oc7c8ccccc8ccc7c6cc5-n5c6cc7ccccc7cc6c6cc7ccccc7cc65)n4)ccc32)cc1. The quantitative estimate of drug-likeness (QED) is 0.172. The van der Waals surface area contributed by atoms with Gasteiger partial charge in [-0.05, 0) is 118 Å². The van der Waals surface area contributed by atoms with Crippen molar-refractivity contribution in [2.24, 2.45) is 0 Å². The largest absolute Gasteiger partial charge is 0.455 e. The van der Waals surface area contributed by atoms with Crippen LogP contribution < -0.4 is 0 Å². The van der Waals surface area contributed by atoms with Gasteiger partial charge in [0.1, 0.15) is 11.2 Å². The Morgan fingerprint density at radius 2 is 0.868 bits per heavy atom. The van der Waals surface area contributed by atoms with Crippen molar-refractivity contribution in [3.8, 4) is 45.5 Å². The molecular weight excluding hydrogens is 947 g/mol. The molecule has 0 amide bonds. The van der Waals surface area contributed by atoms with E-state index in [9.17, 15) is 0 Å². The van der Waals surface area contributed by atoms with Gasteiger partial charge in [-0.3, -0.25) is 0 Å². The highest BCUT2D eigenvalue weighted by molar-refractivity contribution is 7.25. The highest BCUT2D eigenvalue weighted by Crippen LogP contribution is 2.45. The van der Waals surface area contributed by atoms with E-state index in [0.29, 0.717) is 17.5 Å². The molecule has 17 rings (SSSR count). The topological polar surface area (TPSA) is 61.7 Å². The minimum Gasteiger partial charge on any atom is -0.455 e. The first-order valence-corrected chi connectivity index (χ1v) is 26.5. The van der Waals surface area contributed by atoms with E-state index in [0.717, 1.165) is 104 Å². The van der Waals surface area contributed by atoms with Crippen LogP contribution in [0.25, 0.3) is 164 Å². The fourth-order valence-electron chi connectivity index (χ4n) is 12.1. The molecule has 0 N–H and O–H groups in total. The number of furan rings is 1. The zero-order valence-electron chi connectivity index (χ0n) is 40.6. The van der Waals surface area contributed by atoms with E-state index in [1.807, 2.05) is 0 Å². The number of nitrogens with zero attached hydrogens (tertiary/aromatic N) is 5. The summed E-state index contributed by atoms with van der Waals surface area (Å²) in [5.74, 6) is 1.71. The number of fused-ring (bicyclic) bond motifs is 16. The molecule has 0 spiro atoms. The second kappa shape index (κ2) is 15.8. The van der Waals surface area contributed by atoms with Crippen molar-refractivity contribution in [3.63, 3.8) is 0 Å². The monoisotopic (exact) mass is 985 g/mol. The third-order valence-corrected chi connectivity index (χ3v) is 16.8. The highest BCUT2D eigenvalue weighted by Gasteiger charge is 2.25. The Bertz CT molecular complexity index is 5220. The molecule has 0 aliphatic carbocycles. The molecule has 0 aliphatic heterocycles. The van der Waals surface area contributed by atoms with Gasteiger partial charge in [0.25, 0.3) is 0 Å². The number of hydrogen-bond donors (Lipinski definition) is 0. The van der Waals surface area contributed by atoms with Crippen molar-refractivity contribution >= 4 is 129 Å². The molecule has 0 aliphatic rings. The van der Waals surface area contributed by atoms with Crippen molar-refractivity contribution in [2.45, 2.75) is 0 Å². The maximum atomic E-state index is 7.04. The molecule has 6 nitrogen and oxygen atoms in total. The maximum Gasteiger partial charge on any atom is 0.166 e. The Kier molecular flexibility index (Phi) is 8.62. The lowest BCUT2D eigenvalue weighted by Gasteiger charge is -2.16. The molecule has 5 aromatic heterocycles. The lowest BCUT2D eigenvalue weighted by atomic mass is 10.0. The summed E-state index contributed by atoms with van der Waals surface area (Å²) in [5, 5.41) is 16.1. The van der Waals surface area contributed by atoms with E-state index in [1.165, 1.54) is 41.7 Å². The Hall–Kier alpha value is -9.95. The molecule has 0 atom stereocenters. The zero-order chi connectivity index (χ0) is 49.6. The third kappa shape index (κ3) is 6.12. The van der Waals surface area contributed by atoms with Crippen LogP contribution >= 0.6 is 11.3 Å². The van der Waals surface area contributed by atoms with Gasteiger partial charge in [-0.15, -0.1) is 11.3 Å². The number of benzene rings is 12. The average Bonchev–Trinajstić information content (AvgIpc) is 4.30. The normalized spacial score (nSPS) is 12.2. The van der Waals surface area contributed by atoms with Crippen LogP contribution in [0, 0.1) is 0 Å². The van der Waals surface area contributed by atoms with Crippen LogP contribution in [-0.4, -0.2) is 24.1 Å². The number of thiophene rings is 1. The van der Waals surface area contributed by atoms with Crippen LogP contribution in [0.1, 0.15) is 0 Å². The Labute approximate surface area is 437 Å². The molecule has 17 aromatic rings. The first-order chi connectivity index (χ1) is 37.6. The summed E-state index contributed by atoms with van der Waals surface area (Å²) >= 11 is 1.79. The minimum atomic E-state index is 0.544. The van der Waals surface area contributed by atoms with Crippen LogP contribution in [0.4, 0.5) is 0 Å². The summed E-state index contributed by atoms with van der Waals surface area (Å²) in [6.07, 6.45) is 0. The molecule has 0 radical (unpaired) electrons. The molecule has 12 aromatic carbocycles. The smallest absolute Gasteiger partial charge is 0.166 e. The predicted molar refractivity (Wildman–Crippen MR) is 317 cm³/mol. The van der Waals surface area contributed by atoms with E-state index in [1.54, 1.807) is 11.3 Å². The molecule has 5 heterocycles. The van der Waals surface area contributed by atoms with Gasteiger partial charge in [-0.25, -0.2) is 15.0 Å². The molecule has 0 fully saturated rings. The second-order valence-corrected chi connectivity index (χ2v) is 21.0. The zero-order valence-corrected chi connectivity index (χ0v) is 41.4. The molecular formula is C69H39N5OS. The van der Waals surface area contributed by atoms with Gasteiger partial charge in [0.15, 0.2) is 17.5 Å². The molecule has 0 unspecified atom stereocenters. The Balaban J connectivity index is 0.988. The molecule has 0 saturated carbocycles. The van der Waals surface area contributed by atoms with Crippen LogP contribution in [0.15, 0.2) is 241 Å². The summed E-state index contributed by atoms with van der Waals surface area (Å²) in [6.45, 7) is 0. The molecule has 0 saturated heterocycles. The van der Waals surface area contributed by atoms with E-state index < -0.39 is 0 Å². The van der Waals surface area contributed by atoms with Crippen LogP contribution in [0.5, 0.6) is 0 Å². The second-order valence-electron chi connectivity index (χ2n) is 19.9. The minimum absolute atomic E-state index is 0.544. The lowest BCUT2D eigenvalue weighted by Crippen LogP contribution is -2.04. The van der Waals surface area contributed by atoms with Gasteiger partial charge in [0.2, 0.25) is 0 Å². The summed E-state index contributed by atoms with van der Waals surface area (Å²) in [6, 6.07) is 85.2. The van der Waals surface area contributed by atoms with Crippen molar-refractivity contribution in [3.05, 3.63) is 237 Å². The predicted octanol–water partition coefficient (Wildman–Crippen LogP) is 18.8. The van der Waals surface area contributed by atoms with Crippen LogP contribution in [0.3, 0.4) is 0 Å². The number of para-hydroxylation sites is 2. The van der Waals surface area contributed by atoms with Gasteiger partial charge in [-0.1, -0.05) is 146 Å². The summed E-state index contributed by atoms with van der Waals surface area (Å²) in [4.78, 5) is 16.6. The van der Waals surface area contributed by atoms with Gasteiger partial charge in [0.05, 0.1) is 27.8 Å². The number of aromatic nitrogens is 5. The Morgan fingerprint density at radius 3 is 1.62 bits per heavy atom. The van der Waals surface area contributed by atoms with Gasteiger partial charge < -0.3 is 13.6 Å². The van der Waals surface area contributed by atoms with Crippen molar-refractivity contribution in [1.82, 2.24) is 24.1 Å². The van der Waals surface area contributed by atoms with Crippen LogP contribution in [-0.2, 0) is 0 Å². The molecule has 0 bridgehead atoms. The summed E-state index contributed by atoms with van der Waals surface area (Å²) < 4.78 is 14.3. The molecule has 7 heteroatoms. The summed E-state index contributed by atoms with van der Waals surface area (Å²) in [5.41, 5.74) is 10.7. The first kappa shape index (κ1) is 41.5. The maximum absolute atomic E-state index is 7.04. The highest BCUT2D eigenvalue weighted by atomic mass is 32.1.